The first-order valence-corrected chi connectivity index (χ1v) is 11.2. The zero-order chi connectivity index (χ0) is 21.5. The van der Waals surface area contributed by atoms with Gasteiger partial charge in [-0.3, -0.25) is 9.59 Å². The number of carbonyl (C=O) groups excluding carboxylic acids is 2. The maximum atomic E-state index is 13.6. The van der Waals surface area contributed by atoms with Crippen LogP contribution in [0.2, 0.25) is 0 Å². The van der Waals surface area contributed by atoms with E-state index in [1.54, 1.807) is 13.8 Å². The second-order valence-corrected chi connectivity index (χ2v) is 10.2. The SMILES string of the molecule is C[C@@H]1CCC[C@@H]2c3cc(-c4ccccc4)ccc3C[C@H](NC(=O)C(C)(C)S)C(=O)N12. The molecule has 1 N–H and O–H groups in total. The Bertz CT molecular complexity index is 951. The van der Waals surface area contributed by atoms with E-state index in [0.717, 1.165) is 24.8 Å². The molecular weight excluding hydrogens is 392 g/mol. The van der Waals surface area contributed by atoms with Crippen LogP contribution in [0.1, 0.15) is 57.2 Å². The molecular formula is C25H30N2O2S. The lowest BCUT2D eigenvalue weighted by Crippen LogP contribution is -2.55. The molecule has 158 valence electrons. The number of rotatable bonds is 3. The highest BCUT2D eigenvalue weighted by Gasteiger charge is 2.41. The second-order valence-electron chi connectivity index (χ2n) is 9.11. The van der Waals surface area contributed by atoms with E-state index in [-0.39, 0.29) is 23.9 Å². The Kier molecular flexibility index (Phi) is 5.67. The first-order chi connectivity index (χ1) is 14.3. The highest BCUT2D eigenvalue weighted by molar-refractivity contribution is 7.82. The van der Waals surface area contributed by atoms with Crippen molar-refractivity contribution in [1.82, 2.24) is 10.2 Å². The van der Waals surface area contributed by atoms with Crippen molar-refractivity contribution >= 4 is 24.4 Å². The summed E-state index contributed by atoms with van der Waals surface area (Å²) in [4.78, 5) is 28.2. The molecule has 2 heterocycles. The van der Waals surface area contributed by atoms with E-state index in [1.807, 2.05) is 23.1 Å². The smallest absolute Gasteiger partial charge is 0.246 e. The highest BCUT2D eigenvalue weighted by Crippen LogP contribution is 2.40. The molecule has 1 saturated heterocycles. The number of fused-ring (bicyclic) bond motifs is 3. The van der Waals surface area contributed by atoms with E-state index in [9.17, 15) is 9.59 Å². The molecule has 0 spiro atoms. The van der Waals surface area contributed by atoms with Crippen LogP contribution in [-0.4, -0.2) is 33.5 Å². The third-order valence-electron chi connectivity index (χ3n) is 6.36. The number of carbonyl (C=O) groups is 2. The molecule has 0 aliphatic carbocycles. The topological polar surface area (TPSA) is 49.4 Å². The Morgan fingerprint density at radius 3 is 2.53 bits per heavy atom. The van der Waals surface area contributed by atoms with Crippen LogP contribution >= 0.6 is 12.6 Å². The van der Waals surface area contributed by atoms with Crippen molar-refractivity contribution in [3.63, 3.8) is 0 Å². The molecule has 4 nitrogen and oxygen atoms in total. The minimum atomic E-state index is -0.834. The summed E-state index contributed by atoms with van der Waals surface area (Å²) >= 11 is 4.39. The molecule has 0 saturated carbocycles. The Morgan fingerprint density at radius 1 is 1.10 bits per heavy atom. The van der Waals surface area contributed by atoms with Crippen LogP contribution in [0, 0.1) is 0 Å². The lowest BCUT2D eigenvalue weighted by molar-refractivity contribution is -0.142. The normalized spacial score (nSPS) is 23.9. The Labute approximate surface area is 184 Å². The van der Waals surface area contributed by atoms with Crippen molar-refractivity contribution in [3.05, 3.63) is 59.7 Å². The molecule has 30 heavy (non-hydrogen) atoms. The maximum Gasteiger partial charge on any atom is 0.246 e. The predicted molar refractivity (Wildman–Crippen MR) is 123 cm³/mol. The van der Waals surface area contributed by atoms with Crippen LogP contribution in [-0.2, 0) is 16.0 Å². The maximum absolute atomic E-state index is 13.6. The fraction of sp³-hybridized carbons (Fsp3) is 0.440. The van der Waals surface area contributed by atoms with Gasteiger partial charge in [0.2, 0.25) is 11.8 Å². The van der Waals surface area contributed by atoms with Gasteiger partial charge in [-0.05, 0) is 68.4 Å². The van der Waals surface area contributed by atoms with Crippen molar-refractivity contribution < 1.29 is 9.59 Å². The van der Waals surface area contributed by atoms with Gasteiger partial charge in [0.1, 0.15) is 6.04 Å². The lowest BCUT2D eigenvalue weighted by atomic mass is 9.88. The molecule has 4 rings (SSSR count). The first kappa shape index (κ1) is 21.0. The summed E-state index contributed by atoms with van der Waals surface area (Å²) in [6.45, 7) is 5.62. The van der Waals surface area contributed by atoms with E-state index >= 15 is 0 Å². The van der Waals surface area contributed by atoms with Gasteiger partial charge in [0.15, 0.2) is 0 Å². The molecule has 0 bridgehead atoms. The van der Waals surface area contributed by atoms with Crippen LogP contribution in [0.5, 0.6) is 0 Å². The lowest BCUT2D eigenvalue weighted by Gasteiger charge is -2.41. The monoisotopic (exact) mass is 422 g/mol. The Balaban J connectivity index is 1.76. The van der Waals surface area contributed by atoms with E-state index in [1.165, 1.54) is 16.7 Å². The number of benzene rings is 2. The zero-order valence-corrected chi connectivity index (χ0v) is 18.8. The van der Waals surface area contributed by atoms with Crippen molar-refractivity contribution in [2.75, 3.05) is 0 Å². The standard InChI is InChI=1S/C25H30N2O2S/c1-16-8-7-11-22-20-14-18(17-9-5-4-6-10-17)12-13-19(20)15-21(23(28)27(16)22)26-24(29)25(2,3)30/h4-6,9-10,12-14,16,21-22,30H,7-8,11,15H2,1-3H3,(H,26,29)/t16-,21+,22-/m1/s1. The van der Waals surface area contributed by atoms with Crippen molar-refractivity contribution in [2.45, 2.75) is 69.3 Å². The minimum absolute atomic E-state index is 0.0237. The Morgan fingerprint density at radius 2 is 1.83 bits per heavy atom. The van der Waals surface area contributed by atoms with Crippen molar-refractivity contribution in [3.8, 4) is 11.1 Å². The predicted octanol–water partition coefficient (Wildman–Crippen LogP) is 4.55. The zero-order valence-electron chi connectivity index (χ0n) is 17.9. The number of nitrogens with zero attached hydrogens (tertiary/aromatic N) is 1. The molecule has 0 aromatic heterocycles. The molecule has 5 heteroatoms. The summed E-state index contributed by atoms with van der Waals surface area (Å²) in [7, 11) is 0. The van der Waals surface area contributed by atoms with E-state index in [2.05, 4.69) is 55.2 Å². The summed E-state index contributed by atoms with van der Waals surface area (Å²) in [5.41, 5.74) is 4.71. The van der Waals surface area contributed by atoms with Crippen molar-refractivity contribution in [1.29, 1.82) is 0 Å². The number of nitrogens with one attached hydrogen (secondary N) is 1. The van der Waals surface area contributed by atoms with Gasteiger partial charge in [0.05, 0.1) is 10.8 Å². The molecule has 2 amide bonds. The Hall–Kier alpha value is -2.27. The molecule has 0 radical (unpaired) electrons. The van der Waals surface area contributed by atoms with Crippen LogP contribution in [0.4, 0.5) is 0 Å². The number of hydrogen-bond donors (Lipinski definition) is 2. The van der Waals surface area contributed by atoms with Crippen LogP contribution in [0.25, 0.3) is 11.1 Å². The van der Waals surface area contributed by atoms with Gasteiger partial charge in [-0.15, -0.1) is 0 Å². The minimum Gasteiger partial charge on any atom is -0.343 e. The molecule has 2 aromatic carbocycles. The summed E-state index contributed by atoms with van der Waals surface area (Å²) < 4.78 is -0.834. The summed E-state index contributed by atoms with van der Waals surface area (Å²) in [5.74, 6) is -0.189. The third kappa shape index (κ3) is 4.00. The average Bonchev–Trinajstić information content (AvgIpc) is 2.83. The van der Waals surface area contributed by atoms with Crippen LogP contribution < -0.4 is 5.32 Å². The summed E-state index contributed by atoms with van der Waals surface area (Å²) in [6.07, 6.45) is 3.57. The van der Waals surface area contributed by atoms with Gasteiger partial charge in [-0.25, -0.2) is 0 Å². The fourth-order valence-corrected chi connectivity index (χ4v) is 4.77. The number of hydrogen-bond acceptors (Lipinski definition) is 3. The van der Waals surface area contributed by atoms with Gasteiger partial charge in [0, 0.05) is 12.5 Å². The summed E-state index contributed by atoms with van der Waals surface area (Å²) in [5, 5.41) is 2.98. The van der Waals surface area contributed by atoms with Gasteiger partial charge in [0.25, 0.3) is 0 Å². The van der Waals surface area contributed by atoms with Crippen LogP contribution in [0.15, 0.2) is 48.5 Å². The molecule has 3 atom stereocenters. The molecule has 2 aliphatic rings. The van der Waals surface area contributed by atoms with Gasteiger partial charge >= 0.3 is 0 Å². The van der Waals surface area contributed by atoms with Crippen molar-refractivity contribution in [2.24, 2.45) is 0 Å². The van der Waals surface area contributed by atoms with Gasteiger partial charge in [-0.1, -0.05) is 42.5 Å². The molecule has 2 aromatic rings. The summed E-state index contributed by atoms with van der Waals surface area (Å²) in [6, 6.07) is 16.5. The molecule has 0 unspecified atom stereocenters. The largest absolute Gasteiger partial charge is 0.343 e. The average molecular weight is 423 g/mol. The van der Waals surface area contributed by atoms with E-state index < -0.39 is 10.8 Å². The highest BCUT2D eigenvalue weighted by atomic mass is 32.1. The number of thiol groups is 1. The quantitative estimate of drug-likeness (QED) is 0.713. The number of amides is 2. The van der Waals surface area contributed by atoms with Gasteiger partial charge in [-0.2, -0.15) is 12.6 Å². The van der Waals surface area contributed by atoms with E-state index in [0.29, 0.717) is 6.42 Å². The third-order valence-corrected chi connectivity index (χ3v) is 6.56. The van der Waals surface area contributed by atoms with E-state index in [4.69, 9.17) is 0 Å². The fourth-order valence-electron chi connectivity index (χ4n) is 4.70. The number of piperidine rings is 1. The molecule has 2 aliphatic heterocycles. The first-order valence-electron chi connectivity index (χ1n) is 10.8. The second kappa shape index (κ2) is 8.10. The van der Waals surface area contributed by atoms with Crippen LogP contribution in [0.3, 0.4) is 0 Å². The van der Waals surface area contributed by atoms with Gasteiger partial charge < -0.3 is 10.2 Å². The molecule has 1 fully saturated rings.